The van der Waals surface area contributed by atoms with Crippen LogP contribution in [-0.4, -0.2) is 82.3 Å². The van der Waals surface area contributed by atoms with Gasteiger partial charge in [0.15, 0.2) is 12.4 Å². The summed E-state index contributed by atoms with van der Waals surface area (Å²) in [6.45, 7) is 4.42. The number of rotatable bonds is 59. The Labute approximate surface area is 532 Å². The van der Waals surface area contributed by atoms with E-state index in [-0.39, 0.29) is 38.6 Å². The van der Waals surface area contributed by atoms with Gasteiger partial charge >= 0.3 is 11.9 Å². The van der Waals surface area contributed by atoms with Crippen LogP contribution in [-0.2, 0) is 33.3 Å². The van der Waals surface area contributed by atoms with E-state index in [1.807, 2.05) is 21.1 Å². The monoisotopic (exact) mass is 1200 g/mol. The lowest BCUT2D eigenvalue weighted by atomic mass is 10.0. The van der Waals surface area contributed by atoms with E-state index in [1.165, 1.54) is 44.9 Å². The molecular weight excluding hydrogens is 1080 g/mol. The van der Waals surface area contributed by atoms with Crippen LogP contribution >= 0.6 is 0 Å². The van der Waals surface area contributed by atoms with Crippen LogP contribution in [0.4, 0.5) is 0 Å². The maximum atomic E-state index is 12.9. The summed E-state index contributed by atoms with van der Waals surface area (Å²) < 4.78 is 22.7. The van der Waals surface area contributed by atoms with E-state index in [4.69, 9.17) is 18.9 Å². The largest absolute Gasteiger partial charge is 0.545 e. The van der Waals surface area contributed by atoms with Crippen LogP contribution < -0.4 is 5.11 Å². The topological polar surface area (TPSA) is 111 Å². The molecule has 0 aliphatic carbocycles. The molecule has 9 heteroatoms. The number of esters is 2. The molecule has 0 bridgehead atoms. The van der Waals surface area contributed by atoms with E-state index in [0.29, 0.717) is 30.3 Å². The lowest BCUT2D eigenvalue weighted by molar-refractivity contribution is -0.870. The number of carboxylic acid groups (broad SMARTS) is 1. The summed E-state index contributed by atoms with van der Waals surface area (Å²) in [6, 6.07) is 0. The number of carbonyl (C=O) groups excluding carboxylic acids is 3. The molecule has 0 saturated carbocycles. The van der Waals surface area contributed by atoms with Crippen LogP contribution in [0.3, 0.4) is 0 Å². The van der Waals surface area contributed by atoms with Crippen molar-refractivity contribution in [2.24, 2.45) is 0 Å². The van der Waals surface area contributed by atoms with Gasteiger partial charge in [-0.1, -0.05) is 266 Å². The average molecular weight is 1200 g/mol. The number of allylic oxidation sites excluding steroid dienone is 32. The van der Waals surface area contributed by atoms with Gasteiger partial charge in [-0.15, -0.1) is 0 Å². The fourth-order valence-electron chi connectivity index (χ4n) is 8.28. The molecule has 2 unspecified atom stereocenters. The first-order valence-electron chi connectivity index (χ1n) is 33.6. The summed E-state index contributed by atoms with van der Waals surface area (Å²) in [5.41, 5.74) is 0. The van der Waals surface area contributed by atoms with Gasteiger partial charge in [0.2, 0.25) is 0 Å². The van der Waals surface area contributed by atoms with E-state index < -0.39 is 24.3 Å². The van der Waals surface area contributed by atoms with E-state index in [1.54, 1.807) is 0 Å². The number of aliphatic carboxylic acids is 1. The Morgan fingerprint density at radius 3 is 0.954 bits per heavy atom. The Morgan fingerprint density at radius 2 is 0.632 bits per heavy atom. The van der Waals surface area contributed by atoms with E-state index in [2.05, 4.69) is 208 Å². The first kappa shape index (κ1) is 81.1. The molecule has 0 N–H and O–H groups in total. The van der Waals surface area contributed by atoms with E-state index in [9.17, 15) is 19.5 Å². The third-order valence-corrected chi connectivity index (χ3v) is 13.3. The highest BCUT2D eigenvalue weighted by atomic mass is 16.7. The van der Waals surface area contributed by atoms with Crippen molar-refractivity contribution >= 4 is 17.9 Å². The number of quaternary nitrogens is 1. The normalized spacial score (nSPS) is 14.0. The summed E-state index contributed by atoms with van der Waals surface area (Å²) in [5, 5.41) is 11.8. The van der Waals surface area contributed by atoms with Crippen molar-refractivity contribution in [1.82, 2.24) is 0 Å². The second kappa shape index (κ2) is 66.1. The van der Waals surface area contributed by atoms with Crippen molar-refractivity contribution in [2.45, 2.75) is 232 Å². The quantitative estimate of drug-likeness (QED) is 0.0195. The number of carboxylic acids is 1. The summed E-state index contributed by atoms with van der Waals surface area (Å²) in [5.74, 6) is -2.39. The number of hydrogen-bond acceptors (Lipinski definition) is 8. The molecule has 0 fully saturated rings. The van der Waals surface area contributed by atoms with Gasteiger partial charge in [0, 0.05) is 12.8 Å². The summed E-state index contributed by atoms with van der Waals surface area (Å²) in [4.78, 5) is 37.4. The fraction of sp³-hybridized carbons (Fsp3) is 0.551. The van der Waals surface area contributed by atoms with Crippen molar-refractivity contribution in [3.8, 4) is 0 Å². The predicted molar refractivity (Wildman–Crippen MR) is 370 cm³/mol. The fourth-order valence-corrected chi connectivity index (χ4v) is 8.28. The maximum absolute atomic E-state index is 12.9. The molecule has 0 radical (unpaired) electrons. The minimum absolute atomic E-state index is 0.125. The minimum atomic E-state index is -1.65. The Bertz CT molecular complexity index is 2130. The van der Waals surface area contributed by atoms with Crippen molar-refractivity contribution < 1.29 is 42.9 Å². The van der Waals surface area contributed by atoms with Gasteiger partial charge in [-0.2, -0.15) is 0 Å². The molecule has 0 aliphatic rings. The predicted octanol–water partition coefficient (Wildman–Crippen LogP) is 19.7. The van der Waals surface area contributed by atoms with Crippen LogP contribution in [0.15, 0.2) is 194 Å². The van der Waals surface area contributed by atoms with Gasteiger partial charge in [-0.05, 0) is 135 Å². The number of unbranched alkanes of at least 4 members (excludes halogenated alkanes) is 12. The molecule has 0 aromatic carbocycles. The second-order valence-corrected chi connectivity index (χ2v) is 22.6. The number of likely N-dealkylation sites (N-methyl/N-ethyl adjacent to an activating group) is 1. The van der Waals surface area contributed by atoms with E-state index >= 15 is 0 Å². The molecule has 0 aromatic heterocycles. The van der Waals surface area contributed by atoms with Crippen LogP contribution in [0.5, 0.6) is 0 Å². The molecule has 0 heterocycles. The van der Waals surface area contributed by atoms with Gasteiger partial charge in [0.05, 0.1) is 40.3 Å². The van der Waals surface area contributed by atoms with Gasteiger partial charge in [-0.3, -0.25) is 9.59 Å². The molecule has 486 valence electrons. The molecule has 0 rings (SSSR count). The highest BCUT2D eigenvalue weighted by Crippen LogP contribution is 2.14. The van der Waals surface area contributed by atoms with Crippen LogP contribution in [0.25, 0.3) is 0 Å². The Kier molecular flexibility index (Phi) is 61.6. The zero-order chi connectivity index (χ0) is 63.3. The van der Waals surface area contributed by atoms with Crippen LogP contribution in [0.2, 0.25) is 0 Å². The maximum Gasteiger partial charge on any atom is 0.306 e. The second-order valence-electron chi connectivity index (χ2n) is 22.6. The number of hydrogen-bond donors (Lipinski definition) is 0. The first-order chi connectivity index (χ1) is 42.6. The third-order valence-electron chi connectivity index (χ3n) is 13.3. The SMILES string of the molecule is CC/C=C\C/C=C\C/C=C\C/C=C\C/C=C\C/C=C\C/C=C\C/C=C\C/C=C\CCCC(=O)OC(COC(=O)CCCCCCCCCCCCC/C=C\C/C=C\C/C=C\C/C=C\C/C=C\C/C=C\C/C=C\CC)COC(OCC[N+](C)(C)C)C(=O)[O-]. The van der Waals surface area contributed by atoms with E-state index in [0.717, 1.165) is 128 Å². The van der Waals surface area contributed by atoms with Crippen LogP contribution in [0, 0.1) is 0 Å². The molecule has 0 saturated heterocycles. The minimum Gasteiger partial charge on any atom is -0.545 e. The van der Waals surface area contributed by atoms with Gasteiger partial charge in [-0.25, -0.2) is 0 Å². The number of nitrogens with zero attached hydrogens (tertiary/aromatic N) is 1. The lowest BCUT2D eigenvalue weighted by Crippen LogP contribution is -2.44. The first-order valence-corrected chi connectivity index (χ1v) is 33.6. The summed E-state index contributed by atoms with van der Waals surface area (Å²) in [6.07, 6.45) is 99.3. The standard InChI is InChI=1S/C78H121NO8/c1-6-8-10-12-14-16-18-20-22-24-26-28-30-32-34-36-37-38-39-41-42-44-46-48-50-52-54-56-58-60-62-64-66-68-75(80)85-72-74(73-86-78(77(82)83)84-71-70-79(3,4)5)87-76(81)69-67-65-63-61-59-57-55-53-51-49-47-45-43-40-35-33-31-29-27-25-23-21-19-17-15-13-11-9-7-2/h8-11,14-17,20-23,26-29,32-35,37-38,41-43,45,49,51,55,57,61,63,74,78H,6-7,12-13,18-19,24-25,30-31,36,39-40,44,46-48,50,52-54,56,58-60,62,64-73H2,1-5H3/b10-8-,11-9-,16-14-,17-15-,22-20-,23-21-,28-26-,29-27-,34-32-,35-33-,38-37-,42-41-,45-43-,51-49-,57-55-,63-61-. The molecule has 9 nitrogen and oxygen atoms in total. The third kappa shape index (κ3) is 67.5. The molecule has 0 spiro atoms. The number of ether oxygens (including phenoxy) is 4. The Morgan fingerprint density at radius 1 is 0.345 bits per heavy atom. The summed E-state index contributed by atoms with van der Waals surface area (Å²) >= 11 is 0. The van der Waals surface area contributed by atoms with Crippen molar-refractivity contribution in [2.75, 3.05) is 47.5 Å². The molecule has 0 aromatic rings. The van der Waals surface area contributed by atoms with Crippen LogP contribution in [0.1, 0.15) is 219 Å². The molecule has 0 aliphatic heterocycles. The smallest absolute Gasteiger partial charge is 0.306 e. The zero-order valence-corrected chi connectivity index (χ0v) is 55.3. The Balaban J connectivity index is 4.31. The van der Waals surface area contributed by atoms with Crippen molar-refractivity contribution in [1.29, 1.82) is 0 Å². The highest BCUT2D eigenvalue weighted by molar-refractivity contribution is 5.70. The van der Waals surface area contributed by atoms with Gasteiger partial charge in [0.25, 0.3) is 0 Å². The number of carbonyl (C=O) groups is 3. The average Bonchev–Trinajstić information content (AvgIpc) is 3.57. The molecular formula is C78H121NO8. The highest BCUT2D eigenvalue weighted by Gasteiger charge is 2.22. The molecule has 2 atom stereocenters. The van der Waals surface area contributed by atoms with Gasteiger partial charge < -0.3 is 33.3 Å². The van der Waals surface area contributed by atoms with Gasteiger partial charge in [0.1, 0.15) is 13.2 Å². The van der Waals surface area contributed by atoms with Crippen molar-refractivity contribution in [3.63, 3.8) is 0 Å². The Hall–Kier alpha value is -5.87. The zero-order valence-electron chi connectivity index (χ0n) is 55.3. The molecule has 87 heavy (non-hydrogen) atoms. The lowest BCUT2D eigenvalue weighted by Gasteiger charge is -2.26. The van der Waals surface area contributed by atoms with Crippen molar-refractivity contribution in [3.05, 3.63) is 194 Å². The summed E-state index contributed by atoms with van der Waals surface area (Å²) in [7, 11) is 5.89. The molecule has 0 amide bonds.